The molecule has 0 N–H and O–H groups in total. The van der Waals surface area contributed by atoms with Gasteiger partial charge in [-0.1, -0.05) is 35.9 Å². The van der Waals surface area contributed by atoms with Gasteiger partial charge in [0.15, 0.2) is 0 Å². The number of allylic oxidation sites excluding steroid dienone is 1. The van der Waals surface area contributed by atoms with Gasteiger partial charge in [-0.3, -0.25) is 13.8 Å². The van der Waals surface area contributed by atoms with Gasteiger partial charge in [0.05, 0.1) is 17.6 Å². The number of benzene rings is 2. The van der Waals surface area contributed by atoms with E-state index in [1.165, 1.54) is 5.56 Å². The summed E-state index contributed by atoms with van der Waals surface area (Å²) in [6, 6.07) is 14.6. The third kappa shape index (κ3) is 3.23. The maximum Gasteiger partial charge on any atom is 0.329 e. The highest BCUT2D eigenvalue weighted by molar-refractivity contribution is 5.87. The summed E-state index contributed by atoms with van der Waals surface area (Å²) in [5.74, 6) is 0. The second kappa shape index (κ2) is 7.59. The summed E-state index contributed by atoms with van der Waals surface area (Å²) in [7, 11) is 0. The topological polar surface area (TPSA) is 44.8 Å². The van der Waals surface area contributed by atoms with E-state index in [1.807, 2.05) is 39.8 Å². The van der Waals surface area contributed by atoms with Crippen molar-refractivity contribution in [3.8, 4) is 22.4 Å². The van der Waals surface area contributed by atoms with E-state index in [0.29, 0.717) is 19.6 Å². The van der Waals surface area contributed by atoms with E-state index in [1.54, 1.807) is 0 Å². The Morgan fingerprint density at radius 2 is 1.76 bits per heavy atom. The van der Waals surface area contributed by atoms with E-state index < -0.39 is 0 Å². The maximum atomic E-state index is 12.7. The Bertz CT molecular complexity index is 1260. The van der Waals surface area contributed by atoms with Crippen molar-refractivity contribution in [2.75, 3.05) is 0 Å². The Labute approximate surface area is 170 Å². The van der Waals surface area contributed by atoms with Crippen LogP contribution in [0.15, 0.2) is 66.1 Å². The predicted octanol–water partition coefficient (Wildman–Crippen LogP) is 4.87. The van der Waals surface area contributed by atoms with Crippen LogP contribution in [0.4, 0.5) is 0 Å². The van der Waals surface area contributed by atoms with Crippen LogP contribution in [0, 0.1) is 6.92 Å². The van der Waals surface area contributed by atoms with E-state index in [4.69, 9.17) is 5.10 Å². The second-order valence-corrected chi connectivity index (χ2v) is 7.25. The number of aryl methyl sites for hydroxylation is 3. The number of fused-ring (bicyclic) bond motifs is 1. The van der Waals surface area contributed by atoms with Crippen LogP contribution in [0.25, 0.3) is 33.4 Å². The average molecular weight is 386 g/mol. The lowest BCUT2D eigenvalue weighted by molar-refractivity contribution is 0.671. The lowest BCUT2D eigenvalue weighted by atomic mass is 10.0. The van der Waals surface area contributed by atoms with Crippen LogP contribution < -0.4 is 5.69 Å². The summed E-state index contributed by atoms with van der Waals surface area (Å²) in [6.07, 6.45) is 3.90. The number of rotatable bonds is 6. The fourth-order valence-electron chi connectivity index (χ4n) is 3.96. The minimum atomic E-state index is 0.0448. The highest BCUT2D eigenvalue weighted by atomic mass is 16.1. The molecule has 29 heavy (non-hydrogen) atoms. The van der Waals surface area contributed by atoms with E-state index in [9.17, 15) is 4.79 Å². The molecule has 5 heteroatoms. The van der Waals surface area contributed by atoms with Crippen LogP contribution in [0.2, 0.25) is 0 Å². The minimum absolute atomic E-state index is 0.0448. The van der Waals surface area contributed by atoms with Crippen molar-refractivity contribution in [3.05, 3.63) is 77.4 Å². The summed E-state index contributed by atoms with van der Waals surface area (Å²) in [6.45, 7) is 11.9. The van der Waals surface area contributed by atoms with Gasteiger partial charge in [-0.15, -0.1) is 6.58 Å². The van der Waals surface area contributed by atoms with E-state index in [0.717, 1.165) is 33.4 Å². The van der Waals surface area contributed by atoms with Crippen molar-refractivity contribution >= 4 is 11.0 Å². The van der Waals surface area contributed by atoms with Crippen LogP contribution in [-0.4, -0.2) is 18.9 Å². The molecule has 0 fully saturated rings. The zero-order chi connectivity index (χ0) is 20.5. The molecule has 0 aliphatic rings. The van der Waals surface area contributed by atoms with Crippen molar-refractivity contribution in [2.24, 2.45) is 0 Å². The van der Waals surface area contributed by atoms with Gasteiger partial charge >= 0.3 is 5.69 Å². The molecule has 2 aromatic heterocycles. The Balaban J connectivity index is 1.95. The molecule has 4 rings (SSSR count). The third-order valence-electron chi connectivity index (χ3n) is 5.33. The van der Waals surface area contributed by atoms with Crippen molar-refractivity contribution in [1.82, 2.24) is 18.9 Å². The quantitative estimate of drug-likeness (QED) is 0.444. The van der Waals surface area contributed by atoms with Crippen molar-refractivity contribution < 1.29 is 0 Å². The number of hydrogen-bond donors (Lipinski definition) is 0. The zero-order valence-electron chi connectivity index (χ0n) is 17.2. The fraction of sp³-hybridized carbons (Fsp3) is 0.250. The molecule has 0 radical (unpaired) electrons. The molecule has 2 aromatic carbocycles. The van der Waals surface area contributed by atoms with E-state index >= 15 is 0 Å². The Kier molecular flexibility index (Phi) is 4.97. The predicted molar refractivity (Wildman–Crippen MR) is 119 cm³/mol. The largest absolute Gasteiger partial charge is 0.329 e. The molecule has 4 aromatic rings. The van der Waals surface area contributed by atoms with Crippen LogP contribution in [0.5, 0.6) is 0 Å². The summed E-state index contributed by atoms with van der Waals surface area (Å²) >= 11 is 0. The normalized spacial score (nSPS) is 11.3. The molecular weight excluding hydrogens is 360 g/mol. The Morgan fingerprint density at radius 1 is 1.00 bits per heavy atom. The SMILES string of the molecule is C=CCn1cc(-c2ccc3c(c2)n(CC)c(=O)n3CC)c(-c2cccc(C)c2)n1. The second-order valence-electron chi connectivity index (χ2n) is 7.25. The molecule has 0 unspecified atom stereocenters. The molecular formula is C24H26N4O. The van der Waals surface area contributed by atoms with Gasteiger partial charge in [-0.2, -0.15) is 5.10 Å². The summed E-state index contributed by atoms with van der Waals surface area (Å²) in [4.78, 5) is 12.7. The lowest BCUT2D eigenvalue weighted by Gasteiger charge is -2.06. The number of nitrogens with zero attached hydrogens (tertiary/aromatic N) is 4. The van der Waals surface area contributed by atoms with Gasteiger partial charge in [0.1, 0.15) is 5.69 Å². The molecule has 0 aliphatic heterocycles. The molecule has 5 nitrogen and oxygen atoms in total. The molecule has 148 valence electrons. The van der Waals surface area contributed by atoms with Crippen LogP contribution in [0.1, 0.15) is 19.4 Å². The van der Waals surface area contributed by atoms with Crippen LogP contribution in [0.3, 0.4) is 0 Å². The summed E-state index contributed by atoms with van der Waals surface area (Å²) < 4.78 is 5.57. The van der Waals surface area contributed by atoms with E-state index in [-0.39, 0.29) is 5.69 Å². The van der Waals surface area contributed by atoms with Gasteiger partial charge in [-0.25, -0.2) is 4.79 Å². The molecule has 0 saturated heterocycles. The highest BCUT2D eigenvalue weighted by Crippen LogP contribution is 2.33. The van der Waals surface area contributed by atoms with E-state index in [2.05, 4.69) is 56.1 Å². The first-order valence-corrected chi connectivity index (χ1v) is 10.1. The average Bonchev–Trinajstić information content (AvgIpc) is 3.25. The standard InChI is InChI=1S/C24H26N4O/c1-5-13-26-16-20(23(25-26)19-10-8-9-17(4)14-19)18-11-12-21-22(15-18)28(7-3)24(29)27(21)6-2/h5,8-12,14-16H,1,6-7,13H2,2-4H3. The molecule has 0 saturated carbocycles. The third-order valence-corrected chi connectivity index (χ3v) is 5.33. The molecule has 0 bridgehead atoms. The van der Waals surface area contributed by atoms with Crippen LogP contribution >= 0.6 is 0 Å². The van der Waals surface area contributed by atoms with Gasteiger partial charge < -0.3 is 0 Å². The van der Waals surface area contributed by atoms with Crippen molar-refractivity contribution in [1.29, 1.82) is 0 Å². The summed E-state index contributed by atoms with van der Waals surface area (Å²) in [5.41, 5.74) is 7.31. The highest BCUT2D eigenvalue weighted by Gasteiger charge is 2.16. The smallest absolute Gasteiger partial charge is 0.292 e. The van der Waals surface area contributed by atoms with Gasteiger partial charge in [0.25, 0.3) is 0 Å². The van der Waals surface area contributed by atoms with Crippen LogP contribution in [-0.2, 0) is 19.6 Å². The monoisotopic (exact) mass is 386 g/mol. The van der Waals surface area contributed by atoms with Gasteiger partial charge in [0.2, 0.25) is 0 Å². The summed E-state index contributed by atoms with van der Waals surface area (Å²) in [5, 5.41) is 4.82. The first-order valence-electron chi connectivity index (χ1n) is 10.1. The number of aromatic nitrogens is 4. The fourth-order valence-corrected chi connectivity index (χ4v) is 3.96. The maximum absolute atomic E-state index is 12.7. The Morgan fingerprint density at radius 3 is 2.45 bits per heavy atom. The zero-order valence-corrected chi connectivity index (χ0v) is 17.2. The molecule has 0 spiro atoms. The van der Waals surface area contributed by atoms with Crippen molar-refractivity contribution in [3.63, 3.8) is 0 Å². The molecule has 0 amide bonds. The molecule has 0 atom stereocenters. The minimum Gasteiger partial charge on any atom is -0.292 e. The van der Waals surface area contributed by atoms with Crippen molar-refractivity contribution in [2.45, 2.75) is 40.4 Å². The van der Waals surface area contributed by atoms with Gasteiger partial charge in [-0.05, 0) is 44.5 Å². The number of hydrogen-bond acceptors (Lipinski definition) is 2. The molecule has 0 aliphatic carbocycles. The number of imidazole rings is 1. The Hall–Kier alpha value is -3.34. The lowest BCUT2D eigenvalue weighted by Crippen LogP contribution is -2.22. The molecule has 2 heterocycles. The van der Waals surface area contributed by atoms with Gasteiger partial charge in [0, 0.05) is 30.4 Å². The first kappa shape index (κ1) is 19.0. The first-order chi connectivity index (χ1) is 14.1.